The summed E-state index contributed by atoms with van der Waals surface area (Å²) >= 11 is 0. The van der Waals surface area contributed by atoms with Crippen LogP contribution in [-0.4, -0.2) is 65.3 Å². The molecule has 2 heterocycles. The molecular formula is C25H29FN4O3. The van der Waals surface area contributed by atoms with E-state index in [2.05, 4.69) is 10.2 Å². The van der Waals surface area contributed by atoms with Gasteiger partial charge >= 0.3 is 6.03 Å². The average molecular weight is 453 g/mol. The lowest BCUT2D eigenvalue weighted by molar-refractivity contribution is -0.138. The lowest BCUT2D eigenvalue weighted by Crippen LogP contribution is -2.45. The molecule has 0 spiro atoms. The largest absolute Gasteiger partial charge is 0.340 e. The lowest BCUT2D eigenvalue weighted by atomic mass is 9.91. The Morgan fingerprint density at radius 3 is 2.39 bits per heavy atom. The topological polar surface area (TPSA) is 73.0 Å². The Balaban J connectivity index is 1.36. The van der Waals surface area contributed by atoms with Crippen molar-refractivity contribution in [3.63, 3.8) is 0 Å². The molecule has 4 rings (SSSR count). The quantitative estimate of drug-likeness (QED) is 0.708. The van der Waals surface area contributed by atoms with Crippen LogP contribution in [0.25, 0.3) is 0 Å². The second-order valence-electron chi connectivity index (χ2n) is 8.95. The molecule has 2 aromatic rings. The second kappa shape index (κ2) is 9.31. The number of hydrogen-bond donors (Lipinski definition) is 1. The van der Waals surface area contributed by atoms with Crippen molar-refractivity contribution in [2.75, 3.05) is 32.7 Å². The molecule has 1 unspecified atom stereocenters. The Bertz CT molecular complexity index is 1040. The van der Waals surface area contributed by atoms with Crippen molar-refractivity contribution in [2.45, 2.75) is 32.4 Å². The van der Waals surface area contributed by atoms with Crippen LogP contribution in [0.15, 0.2) is 48.5 Å². The third-order valence-electron chi connectivity index (χ3n) is 6.46. The molecular weight excluding hydrogens is 423 g/mol. The molecule has 2 fully saturated rings. The highest BCUT2D eigenvalue weighted by Gasteiger charge is 2.49. The minimum absolute atomic E-state index is 0.240. The van der Waals surface area contributed by atoms with Gasteiger partial charge in [0.05, 0.1) is 0 Å². The van der Waals surface area contributed by atoms with E-state index < -0.39 is 17.5 Å². The molecule has 2 aliphatic heterocycles. The van der Waals surface area contributed by atoms with Crippen LogP contribution in [0.3, 0.4) is 0 Å². The monoisotopic (exact) mass is 452 g/mol. The smallest absolute Gasteiger partial charge is 0.325 e. The molecule has 0 saturated carbocycles. The van der Waals surface area contributed by atoms with E-state index in [1.165, 1.54) is 12.1 Å². The molecule has 2 aromatic carbocycles. The molecule has 1 atom stereocenters. The van der Waals surface area contributed by atoms with Gasteiger partial charge in [0.1, 0.15) is 17.9 Å². The van der Waals surface area contributed by atoms with Gasteiger partial charge in [-0.3, -0.25) is 19.4 Å². The minimum Gasteiger partial charge on any atom is -0.340 e. The first kappa shape index (κ1) is 22.9. The number of carbonyl (C=O) groups is 3. The summed E-state index contributed by atoms with van der Waals surface area (Å²) in [5, 5.41) is 2.76. The molecule has 33 heavy (non-hydrogen) atoms. The van der Waals surface area contributed by atoms with Crippen molar-refractivity contribution in [2.24, 2.45) is 0 Å². The summed E-state index contributed by atoms with van der Waals surface area (Å²) in [6, 6.07) is 13.3. The first-order chi connectivity index (χ1) is 15.8. The third-order valence-corrected chi connectivity index (χ3v) is 6.46. The number of amides is 4. The number of hydrogen-bond acceptors (Lipinski definition) is 4. The molecule has 2 aliphatic rings. The fraction of sp³-hybridized carbons (Fsp3) is 0.400. The van der Waals surface area contributed by atoms with E-state index in [9.17, 15) is 18.8 Å². The summed E-state index contributed by atoms with van der Waals surface area (Å²) < 4.78 is 13.1. The number of urea groups is 1. The number of halogens is 1. The fourth-order valence-electron chi connectivity index (χ4n) is 4.38. The highest BCUT2D eigenvalue weighted by Crippen LogP contribution is 2.29. The summed E-state index contributed by atoms with van der Waals surface area (Å²) in [4.78, 5) is 43.7. The van der Waals surface area contributed by atoms with Gasteiger partial charge in [0, 0.05) is 32.7 Å². The molecule has 0 radical (unpaired) electrons. The number of benzene rings is 2. The number of carbonyl (C=O) groups excluding carboxylic acids is 3. The maximum atomic E-state index is 13.1. The molecule has 4 amide bonds. The SMILES string of the molecule is Cc1ccc(C2(C)NC(=O)N(CC(=O)N3CCCN(Cc4ccc(F)cc4)CC3)C2=O)cc1. The van der Waals surface area contributed by atoms with Crippen LogP contribution < -0.4 is 5.32 Å². The molecule has 7 nitrogen and oxygen atoms in total. The Morgan fingerprint density at radius 2 is 1.70 bits per heavy atom. The number of imide groups is 1. The Kier molecular flexibility index (Phi) is 6.47. The summed E-state index contributed by atoms with van der Waals surface area (Å²) in [6.07, 6.45) is 0.786. The zero-order valence-corrected chi connectivity index (χ0v) is 19.0. The van der Waals surface area contributed by atoms with Gasteiger partial charge in [-0.15, -0.1) is 0 Å². The van der Waals surface area contributed by atoms with Gasteiger partial charge in [-0.1, -0.05) is 42.0 Å². The van der Waals surface area contributed by atoms with Gasteiger partial charge in [-0.2, -0.15) is 0 Å². The van der Waals surface area contributed by atoms with E-state index in [-0.39, 0.29) is 18.3 Å². The van der Waals surface area contributed by atoms with E-state index in [1.54, 1.807) is 24.0 Å². The number of aryl methyl sites for hydroxylation is 1. The normalized spacial score (nSPS) is 21.8. The molecule has 8 heteroatoms. The zero-order chi connectivity index (χ0) is 23.6. The van der Waals surface area contributed by atoms with Gasteiger partial charge in [0.15, 0.2) is 0 Å². The maximum Gasteiger partial charge on any atom is 0.325 e. The predicted molar refractivity (Wildman–Crippen MR) is 122 cm³/mol. The minimum atomic E-state index is -1.18. The van der Waals surface area contributed by atoms with Crippen molar-refractivity contribution in [1.82, 2.24) is 20.0 Å². The summed E-state index contributed by atoms with van der Waals surface area (Å²) in [5.41, 5.74) is 1.58. The van der Waals surface area contributed by atoms with Gasteiger partial charge in [-0.25, -0.2) is 9.18 Å². The van der Waals surface area contributed by atoms with Crippen molar-refractivity contribution >= 4 is 17.8 Å². The van der Waals surface area contributed by atoms with Crippen LogP contribution in [0.1, 0.15) is 30.0 Å². The van der Waals surface area contributed by atoms with Crippen molar-refractivity contribution in [3.8, 4) is 0 Å². The standard InChI is InChI=1S/C25H29FN4O3/c1-18-4-8-20(9-5-18)25(2)23(32)30(24(33)27-25)17-22(31)29-13-3-12-28(14-15-29)16-19-6-10-21(26)11-7-19/h4-11H,3,12-17H2,1-2H3,(H,27,33). The van der Waals surface area contributed by atoms with Crippen molar-refractivity contribution < 1.29 is 18.8 Å². The summed E-state index contributed by atoms with van der Waals surface area (Å²) in [6.45, 7) is 6.60. The summed E-state index contributed by atoms with van der Waals surface area (Å²) in [5.74, 6) is -0.918. The van der Waals surface area contributed by atoms with Crippen molar-refractivity contribution in [3.05, 3.63) is 71.0 Å². The predicted octanol–water partition coefficient (Wildman–Crippen LogP) is 2.64. The Labute approximate surface area is 193 Å². The molecule has 0 aromatic heterocycles. The van der Waals surface area contributed by atoms with Gasteiger partial charge in [0.2, 0.25) is 5.91 Å². The number of nitrogens with one attached hydrogen (secondary N) is 1. The molecule has 174 valence electrons. The van der Waals surface area contributed by atoms with Crippen LogP contribution >= 0.6 is 0 Å². The van der Waals surface area contributed by atoms with Crippen LogP contribution in [0, 0.1) is 12.7 Å². The molecule has 0 bridgehead atoms. The van der Waals surface area contributed by atoms with Gasteiger partial charge in [0.25, 0.3) is 5.91 Å². The van der Waals surface area contributed by atoms with Crippen molar-refractivity contribution in [1.29, 1.82) is 0 Å². The van der Waals surface area contributed by atoms with Crippen LogP contribution in [0.4, 0.5) is 9.18 Å². The Morgan fingerprint density at radius 1 is 1.00 bits per heavy atom. The lowest BCUT2D eigenvalue weighted by Gasteiger charge is -2.25. The summed E-state index contributed by atoms with van der Waals surface area (Å²) in [7, 11) is 0. The van der Waals surface area contributed by atoms with E-state index in [4.69, 9.17) is 0 Å². The molecule has 0 aliphatic carbocycles. The second-order valence-corrected chi connectivity index (χ2v) is 8.95. The van der Waals surface area contributed by atoms with Crippen LogP contribution in [0.5, 0.6) is 0 Å². The zero-order valence-electron chi connectivity index (χ0n) is 19.0. The van der Waals surface area contributed by atoms with Crippen LogP contribution in [-0.2, 0) is 21.7 Å². The molecule has 2 saturated heterocycles. The highest BCUT2D eigenvalue weighted by atomic mass is 19.1. The highest BCUT2D eigenvalue weighted by molar-refractivity contribution is 6.09. The van der Waals surface area contributed by atoms with Crippen LogP contribution in [0.2, 0.25) is 0 Å². The van der Waals surface area contributed by atoms with E-state index in [1.807, 2.05) is 31.2 Å². The number of nitrogens with zero attached hydrogens (tertiary/aromatic N) is 3. The number of rotatable bonds is 5. The fourth-order valence-corrected chi connectivity index (χ4v) is 4.38. The van der Waals surface area contributed by atoms with Gasteiger partial charge in [-0.05, 0) is 43.5 Å². The average Bonchev–Trinajstić information content (AvgIpc) is 2.94. The molecule has 1 N–H and O–H groups in total. The Hall–Kier alpha value is -3.26. The first-order valence-electron chi connectivity index (χ1n) is 11.2. The van der Waals surface area contributed by atoms with E-state index >= 15 is 0 Å². The van der Waals surface area contributed by atoms with E-state index in [0.29, 0.717) is 31.7 Å². The first-order valence-corrected chi connectivity index (χ1v) is 11.2. The maximum absolute atomic E-state index is 13.1. The third kappa shape index (κ3) is 4.90. The van der Waals surface area contributed by atoms with E-state index in [0.717, 1.165) is 29.0 Å². The van der Waals surface area contributed by atoms with Gasteiger partial charge < -0.3 is 10.2 Å².